The van der Waals surface area contributed by atoms with E-state index in [-0.39, 0.29) is 13.2 Å². The molecular formula is C8H14F2O4. The van der Waals surface area contributed by atoms with Crippen molar-refractivity contribution in [3.63, 3.8) is 0 Å². The first-order valence-corrected chi connectivity index (χ1v) is 4.27. The maximum atomic E-state index is 12.4. The Kier molecular flexibility index (Phi) is 6.31. The molecule has 0 aromatic rings. The van der Waals surface area contributed by atoms with Crippen LogP contribution in [0.2, 0.25) is 0 Å². The third-order valence-corrected chi connectivity index (χ3v) is 1.32. The minimum Gasteiger partial charge on any atom is -0.477 e. The summed E-state index contributed by atoms with van der Waals surface area (Å²) in [4.78, 5) is 9.93. The van der Waals surface area contributed by atoms with Crippen LogP contribution in [-0.2, 0) is 14.3 Å². The SMILES string of the molecule is CCCOCCOCC(F)(F)C(=O)O. The lowest BCUT2D eigenvalue weighted by molar-refractivity contribution is -0.174. The molecule has 0 saturated carbocycles. The zero-order valence-corrected chi connectivity index (χ0v) is 7.96. The summed E-state index contributed by atoms with van der Waals surface area (Å²) >= 11 is 0. The van der Waals surface area contributed by atoms with Gasteiger partial charge in [0.1, 0.15) is 6.61 Å². The Morgan fingerprint density at radius 2 is 1.86 bits per heavy atom. The van der Waals surface area contributed by atoms with Crippen LogP contribution in [0.3, 0.4) is 0 Å². The fourth-order valence-corrected chi connectivity index (χ4v) is 0.626. The van der Waals surface area contributed by atoms with Gasteiger partial charge in [0.2, 0.25) is 0 Å². The zero-order valence-electron chi connectivity index (χ0n) is 7.96. The molecule has 0 aliphatic heterocycles. The van der Waals surface area contributed by atoms with Crippen LogP contribution in [0.5, 0.6) is 0 Å². The number of alkyl halides is 2. The molecule has 0 radical (unpaired) electrons. The third kappa shape index (κ3) is 5.82. The van der Waals surface area contributed by atoms with Crippen molar-refractivity contribution in [1.82, 2.24) is 0 Å². The topological polar surface area (TPSA) is 55.8 Å². The van der Waals surface area contributed by atoms with Gasteiger partial charge in [0.25, 0.3) is 0 Å². The Balaban J connectivity index is 3.40. The van der Waals surface area contributed by atoms with Gasteiger partial charge < -0.3 is 14.6 Å². The first-order chi connectivity index (χ1) is 6.50. The average molecular weight is 212 g/mol. The minimum atomic E-state index is -3.81. The Morgan fingerprint density at radius 3 is 2.36 bits per heavy atom. The molecule has 0 aromatic heterocycles. The Labute approximate surface area is 80.8 Å². The molecule has 6 heteroatoms. The maximum Gasteiger partial charge on any atom is 0.377 e. The second-order valence-corrected chi connectivity index (χ2v) is 2.67. The molecule has 0 unspecified atom stereocenters. The molecule has 0 aliphatic carbocycles. The van der Waals surface area contributed by atoms with Gasteiger partial charge in [-0.05, 0) is 6.42 Å². The predicted molar refractivity (Wildman–Crippen MR) is 44.5 cm³/mol. The molecule has 0 aliphatic rings. The van der Waals surface area contributed by atoms with Crippen LogP contribution in [0.1, 0.15) is 13.3 Å². The third-order valence-electron chi connectivity index (χ3n) is 1.32. The van der Waals surface area contributed by atoms with Gasteiger partial charge in [-0.25, -0.2) is 4.79 Å². The second kappa shape index (κ2) is 6.67. The van der Waals surface area contributed by atoms with Gasteiger partial charge in [-0.15, -0.1) is 0 Å². The van der Waals surface area contributed by atoms with Gasteiger partial charge >= 0.3 is 11.9 Å². The molecular weight excluding hydrogens is 198 g/mol. The Bertz CT molecular complexity index is 173. The quantitative estimate of drug-likeness (QED) is 0.613. The Morgan fingerprint density at radius 1 is 1.29 bits per heavy atom. The van der Waals surface area contributed by atoms with Crippen molar-refractivity contribution in [1.29, 1.82) is 0 Å². The van der Waals surface area contributed by atoms with E-state index in [1.54, 1.807) is 0 Å². The van der Waals surface area contributed by atoms with E-state index in [1.165, 1.54) is 0 Å². The van der Waals surface area contributed by atoms with Crippen molar-refractivity contribution in [2.24, 2.45) is 0 Å². The van der Waals surface area contributed by atoms with Crippen molar-refractivity contribution in [3.8, 4) is 0 Å². The summed E-state index contributed by atoms with van der Waals surface area (Å²) in [6, 6.07) is 0. The first-order valence-electron chi connectivity index (χ1n) is 4.27. The van der Waals surface area contributed by atoms with E-state index in [0.29, 0.717) is 6.61 Å². The number of ether oxygens (including phenoxy) is 2. The smallest absolute Gasteiger partial charge is 0.377 e. The number of carboxylic acid groups (broad SMARTS) is 1. The largest absolute Gasteiger partial charge is 0.477 e. The van der Waals surface area contributed by atoms with Gasteiger partial charge in [-0.2, -0.15) is 8.78 Å². The van der Waals surface area contributed by atoms with E-state index in [2.05, 4.69) is 4.74 Å². The van der Waals surface area contributed by atoms with Crippen molar-refractivity contribution >= 4 is 5.97 Å². The van der Waals surface area contributed by atoms with Crippen molar-refractivity contribution in [2.75, 3.05) is 26.4 Å². The zero-order chi connectivity index (χ0) is 11.0. The molecule has 14 heavy (non-hydrogen) atoms. The molecule has 0 amide bonds. The molecule has 0 saturated heterocycles. The molecule has 0 rings (SSSR count). The molecule has 4 nitrogen and oxygen atoms in total. The van der Waals surface area contributed by atoms with E-state index in [9.17, 15) is 13.6 Å². The summed E-state index contributed by atoms with van der Waals surface area (Å²) in [6.07, 6.45) is 0.839. The molecule has 0 atom stereocenters. The summed E-state index contributed by atoms with van der Waals surface area (Å²) in [6.45, 7) is 1.52. The fraction of sp³-hybridized carbons (Fsp3) is 0.875. The summed E-state index contributed by atoms with van der Waals surface area (Å²) in [5, 5.41) is 8.02. The van der Waals surface area contributed by atoms with E-state index in [4.69, 9.17) is 9.84 Å². The van der Waals surface area contributed by atoms with Crippen LogP contribution in [0, 0.1) is 0 Å². The number of hydrogen-bond donors (Lipinski definition) is 1. The summed E-state index contributed by atoms with van der Waals surface area (Å²) in [7, 11) is 0. The molecule has 0 fully saturated rings. The minimum absolute atomic E-state index is 0.0249. The van der Waals surface area contributed by atoms with Gasteiger partial charge in [0.15, 0.2) is 0 Å². The van der Waals surface area contributed by atoms with Crippen LogP contribution in [-0.4, -0.2) is 43.4 Å². The number of carboxylic acids is 1. The predicted octanol–water partition coefficient (Wildman–Crippen LogP) is 1.15. The van der Waals surface area contributed by atoms with Gasteiger partial charge in [-0.1, -0.05) is 6.92 Å². The summed E-state index contributed by atoms with van der Waals surface area (Å²) in [5.41, 5.74) is 0. The van der Waals surface area contributed by atoms with Crippen LogP contribution in [0.25, 0.3) is 0 Å². The standard InChI is InChI=1S/C8H14F2O4/c1-2-3-13-4-5-14-6-8(9,10)7(11)12/h2-6H2,1H3,(H,11,12). The molecule has 0 heterocycles. The second-order valence-electron chi connectivity index (χ2n) is 2.67. The molecule has 0 aromatic carbocycles. The molecule has 0 spiro atoms. The normalized spacial score (nSPS) is 11.6. The van der Waals surface area contributed by atoms with Crippen molar-refractivity contribution < 1.29 is 28.2 Å². The number of rotatable bonds is 8. The van der Waals surface area contributed by atoms with E-state index in [0.717, 1.165) is 6.42 Å². The summed E-state index contributed by atoms with van der Waals surface area (Å²) in [5.74, 6) is -5.99. The van der Waals surface area contributed by atoms with E-state index < -0.39 is 18.5 Å². The first kappa shape index (κ1) is 13.2. The van der Waals surface area contributed by atoms with Crippen LogP contribution in [0.15, 0.2) is 0 Å². The number of aliphatic carboxylic acids is 1. The molecule has 1 N–H and O–H groups in total. The number of hydrogen-bond acceptors (Lipinski definition) is 3. The fourth-order valence-electron chi connectivity index (χ4n) is 0.626. The maximum absolute atomic E-state index is 12.4. The highest BCUT2D eigenvalue weighted by atomic mass is 19.3. The highest BCUT2D eigenvalue weighted by molar-refractivity contribution is 5.75. The highest BCUT2D eigenvalue weighted by Crippen LogP contribution is 2.13. The number of halogens is 2. The molecule has 0 bridgehead atoms. The highest BCUT2D eigenvalue weighted by Gasteiger charge is 2.38. The van der Waals surface area contributed by atoms with E-state index >= 15 is 0 Å². The average Bonchev–Trinajstić information content (AvgIpc) is 2.10. The van der Waals surface area contributed by atoms with Gasteiger partial charge in [0.05, 0.1) is 13.2 Å². The van der Waals surface area contributed by atoms with Crippen LogP contribution in [0.4, 0.5) is 8.78 Å². The van der Waals surface area contributed by atoms with E-state index in [1.807, 2.05) is 6.92 Å². The lowest BCUT2D eigenvalue weighted by Crippen LogP contribution is -2.34. The van der Waals surface area contributed by atoms with Gasteiger partial charge in [-0.3, -0.25) is 0 Å². The van der Waals surface area contributed by atoms with Crippen molar-refractivity contribution in [2.45, 2.75) is 19.3 Å². The Hall–Kier alpha value is -0.750. The molecule has 84 valence electrons. The van der Waals surface area contributed by atoms with Crippen LogP contribution >= 0.6 is 0 Å². The van der Waals surface area contributed by atoms with Crippen LogP contribution < -0.4 is 0 Å². The monoisotopic (exact) mass is 212 g/mol. The van der Waals surface area contributed by atoms with Crippen molar-refractivity contribution in [3.05, 3.63) is 0 Å². The van der Waals surface area contributed by atoms with Gasteiger partial charge in [0, 0.05) is 6.61 Å². The summed E-state index contributed by atoms with van der Waals surface area (Å²) < 4.78 is 34.1. The number of carbonyl (C=O) groups is 1. The lowest BCUT2D eigenvalue weighted by Gasteiger charge is -2.11. The lowest BCUT2D eigenvalue weighted by atomic mass is 10.4.